The summed E-state index contributed by atoms with van der Waals surface area (Å²) in [6.45, 7) is 4.05. The summed E-state index contributed by atoms with van der Waals surface area (Å²) in [4.78, 5) is 14.0. The highest BCUT2D eigenvalue weighted by atomic mass is 35.5. The Morgan fingerprint density at radius 3 is 2.78 bits per heavy atom. The topological polar surface area (TPSA) is 32.3 Å². The first-order chi connectivity index (χ1) is 8.65. The van der Waals surface area contributed by atoms with Gasteiger partial charge in [0.15, 0.2) is 5.78 Å². The lowest BCUT2D eigenvalue weighted by atomic mass is 10.1. The van der Waals surface area contributed by atoms with Gasteiger partial charge in [-0.2, -0.15) is 0 Å². The summed E-state index contributed by atoms with van der Waals surface area (Å²) < 4.78 is 13.2. The Kier molecular flexibility index (Phi) is 4.69. The van der Waals surface area contributed by atoms with Gasteiger partial charge in [-0.3, -0.25) is 9.69 Å². The van der Waals surface area contributed by atoms with Crippen molar-refractivity contribution in [1.29, 1.82) is 0 Å². The van der Waals surface area contributed by atoms with E-state index in [-0.39, 0.29) is 17.2 Å². The number of carbonyl (C=O) groups excluding carboxylic acids is 1. The molecule has 1 aromatic rings. The van der Waals surface area contributed by atoms with E-state index in [4.69, 9.17) is 11.6 Å². The zero-order valence-corrected chi connectivity index (χ0v) is 10.8. The van der Waals surface area contributed by atoms with Crippen molar-refractivity contribution in [2.75, 3.05) is 32.7 Å². The maximum absolute atomic E-state index is 13.2. The molecule has 1 fully saturated rings. The van der Waals surface area contributed by atoms with Gasteiger partial charge in [0, 0.05) is 32.6 Å². The Morgan fingerprint density at radius 2 is 2.11 bits per heavy atom. The Hall–Kier alpha value is -0.970. The van der Waals surface area contributed by atoms with Crippen LogP contribution in [-0.2, 0) is 11.2 Å². The van der Waals surface area contributed by atoms with Crippen molar-refractivity contribution >= 4 is 17.4 Å². The number of Topliss-reactive ketones (excluding diaryl/α,β-unsaturated/α-hetero) is 1. The minimum Gasteiger partial charge on any atom is -0.314 e. The van der Waals surface area contributed by atoms with Crippen LogP contribution < -0.4 is 5.32 Å². The molecule has 0 aromatic heterocycles. The van der Waals surface area contributed by atoms with Crippen molar-refractivity contribution < 1.29 is 9.18 Å². The minimum atomic E-state index is -0.468. The molecule has 1 aliphatic rings. The number of hydrogen-bond acceptors (Lipinski definition) is 3. The molecular formula is C13H16ClFN2O. The smallest absolute Gasteiger partial charge is 0.151 e. The molecule has 0 saturated carbocycles. The molecule has 0 aliphatic carbocycles. The number of ketones is 1. The van der Waals surface area contributed by atoms with Crippen LogP contribution in [-0.4, -0.2) is 43.4 Å². The standard InChI is InChI=1S/C13H16ClFN2O/c14-12-2-1-10(8-13(12)15)7-11(18)9-17-5-3-16-4-6-17/h1-2,8,16H,3-7,9H2. The number of hydrogen-bond donors (Lipinski definition) is 1. The molecule has 1 saturated heterocycles. The van der Waals surface area contributed by atoms with E-state index in [0.29, 0.717) is 12.1 Å². The Balaban J connectivity index is 1.88. The van der Waals surface area contributed by atoms with Gasteiger partial charge in [-0.1, -0.05) is 17.7 Å². The van der Waals surface area contributed by atoms with Crippen LogP contribution in [0.3, 0.4) is 0 Å². The van der Waals surface area contributed by atoms with Crippen LogP contribution in [0.4, 0.5) is 4.39 Å². The third-order valence-electron chi connectivity index (χ3n) is 2.99. The van der Waals surface area contributed by atoms with Gasteiger partial charge in [0.1, 0.15) is 5.82 Å². The highest BCUT2D eigenvalue weighted by Crippen LogP contribution is 2.16. The third kappa shape index (κ3) is 3.77. The number of benzene rings is 1. The molecule has 1 aromatic carbocycles. The number of halogens is 2. The van der Waals surface area contributed by atoms with Crippen molar-refractivity contribution in [1.82, 2.24) is 10.2 Å². The maximum Gasteiger partial charge on any atom is 0.151 e. The van der Waals surface area contributed by atoms with Crippen molar-refractivity contribution in [2.24, 2.45) is 0 Å². The van der Waals surface area contributed by atoms with Gasteiger partial charge < -0.3 is 5.32 Å². The first-order valence-electron chi connectivity index (χ1n) is 6.04. The quantitative estimate of drug-likeness (QED) is 0.900. The highest BCUT2D eigenvalue weighted by molar-refractivity contribution is 6.30. The van der Waals surface area contributed by atoms with Crippen LogP contribution >= 0.6 is 11.6 Å². The lowest BCUT2D eigenvalue weighted by molar-refractivity contribution is -0.119. The van der Waals surface area contributed by atoms with Gasteiger partial charge in [0.05, 0.1) is 11.6 Å². The van der Waals surface area contributed by atoms with Gasteiger partial charge in [-0.05, 0) is 17.7 Å². The van der Waals surface area contributed by atoms with E-state index in [1.807, 2.05) is 0 Å². The fraction of sp³-hybridized carbons (Fsp3) is 0.462. The van der Waals surface area contributed by atoms with Crippen LogP contribution in [0.2, 0.25) is 5.02 Å². The SMILES string of the molecule is O=C(Cc1ccc(Cl)c(F)c1)CN1CCNCC1. The van der Waals surface area contributed by atoms with E-state index in [9.17, 15) is 9.18 Å². The van der Waals surface area contributed by atoms with Crippen molar-refractivity contribution in [3.63, 3.8) is 0 Å². The number of piperazine rings is 1. The van der Waals surface area contributed by atoms with Gasteiger partial charge in [0.2, 0.25) is 0 Å². The summed E-state index contributed by atoms with van der Waals surface area (Å²) >= 11 is 5.60. The zero-order valence-electron chi connectivity index (χ0n) is 10.1. The molecule has 3 nitrogen and oxygen atoms in total. The fourth-order valence-electron chi connectivity index (χ4n) is 2.05. The lowest BCUT2D eigenvalue weighted by Crippen LogP contribution is -2.45. The van der Waals surface area contributed by atoms with Crippen LogP contribution in [0.15, 0.2) is 18.2 Å². The second kappa shape index (κ2) is 6.27. The molecule has 0 amide bonds. The van der Waals surface area contributed by atoms with E-state index < -0.39 is 5.82 Å². The number of nitrogens with one attached hydrogen (secondary N) is 1. The second-order valence-electron chi connectivity index (χ2n) is 4.49. The molecular weight excluding hydrogens is 255 g/mol. The first-order valence-corrected chi connectivity index (χ1v) is 6.41. The van der Waals surface area contributed by atoms with Crippen molar-refractivity contribution in [3.8, 4) is 0 Å². The molecule has 18 heavy (non-hydrogen) atoms. The molecule has 5 heteroatoms. The Bertz CT molecular complexity index is 433. The molecule has 1 heterocycles. The normalized spacial score (nSPS) is 16.8. The minimum absolute atomic E-state index is 0.0910. The second-order valence-corrected chi connectivity index (χ2v) is 4.90. The van der Waals surface area contributed by atoms with Gasteiger partial charge in [0.25, 0.3) is 0 Å². The van der Waals surface area contributed by atoms with Crippen LogP contribution in [0.1, 0.15) is 5.56 Å². The van der Waals surface area contributed by atoms with Crippen molar-refractivity contribution in [2.45, 2.75) is 6.42 Å². The highest BCUT2D eigenvalue weighted by Gasteiger charge is 2.14. The first kappa shape index (κ1) is 13.5. The number of carbonyl (C=O) groups is 1. The van der Waals surface area contributed by atoms with E-state index >= 15 is 0 Å². The predicted molar refractivity (Wildman–Crippen MR) is 69.4 cm³/mol. The van der Waals surface area contributed by atoms with Crippen LogP contribution in [0.25, 0.3) is 0 Å². The summed E-state index contributed by atoms with van der Waals surface area (Å²) in [7, 11) is 0. The molecule has 0 spiro atoms. The summed E-state index contributed by atoms with van der Waals surface area (Å²) in [5, 5.41) is 3.33. The molecule has 0 atom stereocenters. The molecule has 0 bridgehead atoms. The van der Waals surface area contributed by atoms with Gasteiger partial charge in [-0.25, -0.2) is 4.39 Å². The summed E-state index contributed by atoms with van der Waals surface area (Å²) in [5.41, 5.74) is 0.678. The van der Waals surface area contributed by atoms with E-state index in [2.05, 4.69) is 10.2 Å². The predicted octanol–water partition coefficient (Wildman–Crippen LogP) is 1.50. The molecule has 2 rings (SSSR count). The molecule has 1 aliphatic heterocycles. The number of nitrogens with zero attached hydrogens (tertiary/aromatic N) is 1. The largest absolute Gasteiger partial charge is 0.314 e. The van der Waals surface area contributed by atoms with E-state index in [1.165, 1.54) is 12.1 Å². The Labute approximate surface area is 111 Å². The monoisotopic (exact) mass is 270 g/mol. The molecule has 1 N–H and O–H groups in total. The van der Waals surface area contributed by atoms with E-state index in [0.717, 1.165) is 26.2 Å². The fourth-order valence-corrected chi connectivity index (χ4v) is 2.17. The molecule has 0 radical (unpaired) electrons. The van der Waals surface area contributed by atoms with E-state index in [1.54, 1.807) is 6.07 Å². The lowest BCUT2D eigenvalue weighted by Gasteiger charge is -2.26. The summed E-state index contributed by atoms with van der Waals surface area (Å²) in [6.07, 6.45) is 0.262. The zero-order chi connectivity index (χ0) is 13.0. The third-order valence-corrected chi connectivity index (χ3v) is 3.30. The van der Waals surface area contributed by atoms with Crippen LogP contribution in [0, 0.1) is 5.82 Å². The molecule has 0 unspecified atom stereocenters. The molecule has 98 valence electrons. The summed E-state index contributed by atoms with van der Waals surface area (Å²) in [6, 6.07) is 4.52. The van der Waals surface area contributed by atoms with Crippen molar-refractivity contribution in [3.05, 3.63) is 34.6 Å². The average molecular weight is 271 g/mol. The van der Waals surface area contributed by atoms with Gasteiger partial charge in [-0.15, -0.1) is 0 Å². The Morgan fingerprint density at radius 1 is 1.39 bits per heavy atom. The summed E-state index contributed by atoms with van der Waals surface area (Å²) in [5.74, 6) is -0.359. The van der Waals surface area contributed by atoms with Gasteiger partial charge >= 0.3 is 0 Å². The maximum atomic E-state index is 13.2. The van der Waals surface area contributed by atoms with Crippen LogP contribution in [0.5, 0.6) is 0 Å². The number of rotatable bonds is 4. The average Bonchev–Trinajstić information content (AvgIpc) is 2.35.